The molecular formula is C28H29F3N4O6. The van der Waals surface area contributed by atoms with E-state index in [9.17, 15) is 32.3 Å². The lowest BCUT2D eigenvalue weighted by atomic mass is 9.81. The highest BCUT2D eigenvalue weighted by Crippen LogP contribution is 2.44. The first-order chi connectivity index (χ1) is 19.1. The van der Waals surface area contributed by atoms with Crippen LogP contribution in [0.4, 0.5) is 18.0 Å². The van der Waals surface area contributed by atoms with Crippen LogP contribution >= 0.6 is 0 Å². The van der Waals surface area contributed by atoms with Crippen molar-refractivity contribution in [1.82, 2.24) is 15.5 Å². The molecule has 2 aliphatic rings. The molecule has 13 heteroatoms. The van der Waals surface area contributed by atoms with Crippen molar-refractivity contribution in [3.05, 3.63) is 59.2 Å². The fourth-order valence-corrected chi connectivity index (χ4v) is 4.80. The number of methoxy groups -OCH3 is 2. The maximum atomic E-state index is 14.7. The summed E-state index contributed by atoms with van der Waals surface area (Å²) in [6.07, 6.45) is -5.33. The van der Waals surface area contributed by atoms with E-state index in [0.29, 0.717) is 17.1 Å². The molecule has 10 nitrogen and oxygen atoms in total. The highest BCUT2D eigenvalue weighted by molar-refractivity contribution is 6.27. The second-order valence-corrected chi connectivity index (χ2v) is 10.7. The van der Waals surface area contributed by atoms with E-state index in [0.717, 1.165) is 10.5 Å². The van der Waals surface area contributed by atoms with Crippen molar-refractivity contribution in [3.63, 3.8) is 0 Å². The van der Waals surface area contributed by atoms with E-state index in [-0.39, 0.29) is 23.9 Å². The molecule has 1 fully saturated rings. The van der Waals surface area contributed by atoms with Gasteiger partial charge in [-0.05, 0) is 47.2 Å². The number of carbonyl (C=O) groups excluding carboxylic acids is 4. The van der Waals surface area contributed by atoms with Gasteiger partial charge in [0.25, 0.3) is 11.8 Å². The van der Waals surface area contributed by atoms with Gasteiger partial charge in [0.15, 0.2) is 11.5 Å². The number of nitrogens with zero attached hydrogens (tertiary/aromatic N) is 2. The average Bonchev–Trinajstić information content (AvgIpc) is 3.20. The summed E-state index contributed by atoms with van der Waals surface area (Å²) in [5.41, 5.74) is -2.69. The third-order valence-electron chi connectivity index (χ3n) is 7.10. The van der Waals surface area contributed by atoms with Crippen molar-refractivity contribution in [2.45, 2.75) is 44.3 Å². The van der Waals surface area contributed by atoms with E-state index >= 15 is 0 Å². The van der Waals surface area contributed by atoms with E-state index in [1.807, 2.05) is 26.1 Å². The molecule has 0 saturated carbocycles. The highest BCUT2D eigenvalue weighted by atomic mass is 19.4. The standard InChI is InChI=1S/C28H29F3N4O6/c1-26(2,3)17-9-7-16(8-10-17)22(36)34-27(28(29,30)31)20-21(32-24(27)38)35(25(39)33-23(20)37)13-12-15-6-11-18(40-4)19(14-15)41-5/h6-11,14,20H,12-13H2,1-5H3,(H,34,36)(H,33,37,39). The molecule has 0 bridgehead atoms. The first kappa shape index (κ1) is 29.6. The SMILES string of the molecule is COc1ccc(CCN2C(=O)NC(=O)C3C2=NC(=O)C3(NC(=O)c2ccc(C(C)(C)C)cc2)C(F)(F)F)cc1OC. The first-order valence-corrected chi connectivity index (χ1v) is 12.6. The Morgan fingerprint density at radius 1 is 1.02 bits per heavy atom. The predicted octanol–water partition coefficient (Wildman–Crippen LogP) is 3.38. The van der Waals surface area contributed by atoms with Crippen LogP contribution in [-0.4, -0.2) is 67.0 Å². The Morgan fingerprint density at radius 2 is 1.66 bits per heavy atom. The van der Waals surface area contributed by atoms with E-state index in [1.54, 1.807) is 35.6 Å². The van der Waals surface area contributed by atoms with Crippen LogP contribution in [0.2, 0.25) is 0 Å². The lowest BCUT2D eigenvalue weighted by Gasteiger charge is -2.39. The molecule has 0 spiro atoms. The van der Waals surface area contributed by atoms with Gasteiger partial charge in [-0.2, -0.15) is 18.2 Å². The summed E-state index contributed by atoms with van der Waals surface area (Å²) in [6, 6.07) is 9.72. The fourth-order valence-electron chi connectivity index (χ4n) is 4.80. The maximum Gasteiger partial charge on any atom is 0.422 e. The largest absolute Gasteiger partial charge is 0.493 e. The number of carbonyl (C=O) groups is 4. The number of halogens is 3. The van der Waals surface area contributed by atoms with Gasteiger partial charge in [-0.25, -0.2) is 4.79 Å². The van der Waals surface area contributed by atoms with Crippen LogP contribution in [0, 0.1) is 5.92 Å². The number of ether oxygens (including phenoxy) is 2. The molecule has 2 heterocycles. The minimum absolute atomic E-state index is 0.105. The maximum absolute atomic E-state index is 14.7. The van der Waals surface area contributed by atoms with Crippen LogP contribution in [0.15, 0.2) is 47.5 Å². The lowest BCUT2D eigenvalue weighted by molar-refractivity contribution is -0.202. The number of fused-ring (bicyclic) bond motifs is 1. The molecule has 4 rings (SSSR count). The van der Waals surface area contributed by atoms with E-state index < -0.39 is 47.2 Å². The number of imide groups is 1. The van der Waals surface area contributed by atoms with Crippen LogP contribution in [0.3, 0.4) is 0 Å². The smallest absolute Gasteiger partial charge is 0.422 e. The van der Waals surface area contributed by atoms with Gasteiger partial charge in [0, 0.05) is 12.1 Å². The van der Waals surface area contributed by atoms with Crippen molar-refractivity contribution in [1.29, 1.82) is 0 Å². The van der Waals surface area contributed by atoms with Crippen LogP contribution < -0.4 is 20.1 Å². The lowest BCUT2D eigenvalue weighted by Crippen LogP contribution is -2.72. The number of amides is 5. The van der Waals surface area contributed by atoms with Gasteiger partial charge in [-0.1, -0.05) is 39.0 Å². The Hall–Kier alpha value is -4.42. The summed E-state index contributed by atoms with van der Waals surface area (Å²) >= 11 is 0. The topological polar surface area (TPSA) is 126 Å². The summed E-state index contributed by atoms with van der Waals surface area (Å²) in [4.78, 5) is 56.0. The van der Waals surface area contributed by atoms with Crippen molar-refractivity contribution in [2.24, 2.45) is 10.9 Å². The summed E-state index contributed by atoms with van der Waals surface area (Å²) in [5, 5.41) is 3.65. The molecule has 2 atom stereocenters. The second kappa shape index (κ2) is 10.5. The van der Waals surface area contributed by atoms with Gasteiger partial charge in [-0.3, -0.25) is 24.6 Å². The zero-order chi connectivity index (χ0) is 30.3. The Labute approximate surface area is 233 Å². The number of alkyl halides is 3. The fraction of sp³-hybridized carbons (Fsp3) is 0.393. The molecule has 2 unspecified atom stereocenters. The minimum atomic E-state index is -5.44. The van der Waals surface area contributed by atoms with Crippen LogP contribution in [0.25, 0.3) is 0 Å². The molecule has 2 aromatic carbocycles. The predicted molar refractivity (Wildman–Crippen MR) is 141 cm³/mol. The molecule has 0 aliphatic carbocycles. The second-order valence-electron chi connectivity index (χ2n) is 10.7. The van der Waals surface area contributed by atoms with Crippen molar-refractivity contribution >= 4 is 29.6 Å². The summed E-state index contributed by atoms with van der Waals surface area (Å²) in [7, 11) is 2.88. The Bertz CT molecular complexity index is 1430. The van der Waals surface area contributed by atoms with Crippen molar-refractivity contribution < 1.29 is 41.8 Å². The quantitative estimate of drug-likeness (QED) is 0.522. The Balaban J connectivity index is 1.65. The first-order valence-electron chi connectivity index (χ1n) is 12.6. The van der Waals surface area contributed by atoms with E-state index in [2.05, 4.69) is 4.99 Å². The summed E-state index contributed by atoms with van der Waals surface area (Å²) in [6.45, 7) is 5.55. The number of urea groups is 1. The number of amidine groups is 1. The molecule has 218 valence electrons. The third kappa shape index (κ3) is 5.23. The number of nitrogens with one attached hydrogen (secondary N) is 2. The molecule has 1 saturated heterocycles. The van der Waals surface area contributed by atoms with Crippen LogP contribution in [0.5, 0.6) is 11.5 Å². The minimum Gasteiger partial charge on any atom is -0.493 e. The Morgan fingerprint density at radius 3 is 2.22 bits per heavy atom. The van der Waals surface area contributed by atoms with Crippen molar-refractivity contribution in [3.8, 4) is 11.5 Å². The van der Waals surface area contributed by atoms with Gasteiger partial charge in [0.1, 0.15) is 11.8 Å². The molecule has 5 amide bonds. The number of rotatable bonds is 7. The molecule has 2 N–H and O–H groups in total. The van der Waals surface area contributed by atoms with E-state index in [4.69, 9.17) is 9.47 Å². The normalized spacial score (nSPS) is 20.8. The average molecular weight is 575 g/mol. The summed E-state index contributed by atoms with van der Waals surface area (Å²) in [5.74, 6) is -6.60. The van der Waals surface area contributed by atoms with Gasteiger partial charge in [-0.15, -0.1) is 0 Å². The van der Waals surface area contributed by atoms with Gasteiger partial charge < -0.3 is 14.8 Å². The molecular weight excluding hydrogens is 545 g/mol. The zero-order valence-corrected chi connectivity index (χ0v) is 23.0. The number of hydrogen-bond donors (Lipinski definition) is 2. The van der Waals surface area contributed by atoms with Crippen LogP contribution in [0.1, 0.15) is 42.3 Å². The third-order valence-corrected chi connectivity index (χ3v) is 7.10. The van der Waals surface area contributed by atoms with Gasteiger partial charge >= 0.3 is 12.2 Å². The summed E-state index contributed by atoms with van der Waals surface area (Å²) < 4.78 is 54.6. The molecule has 2 aromatic rings. The van der Waals surface area contributed by atoms with Crippen LogP contribution in [-0.2, 0) is 21.4 Å². The van der Waals surface area contributed by atoms with Crippen molar-refractivity contribution in [2.75, 3.05) is 20.8 Å². The number of aliphatic imine (C=N–C) groups is 1. The monoisotopic (exact) mass is 574 g/mol. The molecule has 2 aliphatic heterocycles. The van der Waals surface area contributed by atoms with E-state index in [1.165, 1.54) is 26.4 Å². The number of benzene rings is 2. The van der Waals surface area contributed by atoms with Gasteiger partial charge in [0.05, 0.1) is 14.2 Å². The molecule has 0 radical (unpaired) electrons. The molecule has 41 heavy (non-hydrogen) atoms. The Kier molecular flexibility index (Phi) is 7.59. The van der Waals surface area contributed by atoms with Gasteiger partial charge in [0.2, 0.25) is 11.4 Å². The molecule has 0 aromatic heterocycles. The highest BCUT2D eigenvalue weighted by Gasteiger charge is 2.73. The number of hydrogen-bond acceptors (Lipinski definition) is 6. The zero-order valence-electron chi connectivity index (χ0n) is 23.0.